The van der Waals surface area contributed by atoms with Gasteiger partial charge in [-0.2, -0.15) is 0 Å². The number of nitrogens with two attached hydrogens (primary N) is 1. The van der Waals surface area contributed by atoms with E-state index >= 15 is 0 Å². The second-order valence-electron chi connectivity index (χ2n) is 3.53. The predicted molar refractivity (Wildman–Crippen MR) is 66.4 cm³/mol. The quantitative estimate of drug-likeness (QED) is 0.473. The van der Waals surface area contributed by atoms with Crippen LogP contribution in [-0.4, -0.2) is 29.8 Å². The lowest BCUT2D eigenvalue weighted by Gasteiger charge is -2.12. The first-order valence-electron chi connectivity index (χ1n) is 5.08. The van der Waals surface area contributed by atoms with Gasteiger partial charge in [-0.15, -0.1) is 0 Å². The molecule has 0 saturated carbocycles. The molecule has 0 bridgehead atoms. The summed E-state index contributed by atoms with van der Waals surface area (Å²) in [5.74, 6) is 2.45. The third-order valence-electron chi connectivity index (χ3n) is 1.90. The zero-order chi connectivity index (χ0) is 11.3. The molecule has 1 rings (SSSR count). The number of unbranched alkanes of at least 4 members (excludes halogenated alkanes) is 1. The van der Waals surface area contributed by atoms with E-state index in [9.17, 15) is 0 Å². The third-order valence-corrected chi connectivity index (χ3v) is 2.83. The van der Waals surface area contributed by atoms with Crippen molar-refractivity contribution >= 4 is 23.4 Å². The molecule has 0 aliphatic heterocycles. The van der Waals surface area contributed by atoms with Gasteiger partial charge >= 0.3 is 0 Å². The highest BCUT2D eigenvalue weighted by atomic mass is 32.2. The average Bonchev–Trinajstić information content (AvgIpc) is 2.17. The number of hydrogen-bond acceptors (Lipinski definition) is 5. The number of hydrogen-bond donors (Lipinski definition) is 1. The molecule has 0 saturated heterocycles. The standard InChI is InChI=1S/C10H18N4S/c1-4-5-6-15-10-12-8(11)7-9(13-10)14(2)3/h7H,4-6H2,1-3H3,(H2,11,12,13). The van der Waals surface area contributed by atoms with Gasteiger partial charge in [-0.1, -0.05) is 25.1 Å². The summed E-state index contributed by atoms with van der Waals surface area (Å²) < 4.78 is 0. The molecule has 0 fully saturated rings. The zero-order valence-corrected chi connectivity index (χ0v) is 10.3. The Morgan fingerprint density at radius 2 is 2.13 bits per heavy atom. The summed E-state index contributed by atoms with van der Waals surface area (Å²) in [5.41, 5.74) is 5.71. The Kier molecular flexibility index (Phi) is 4.68. The first kappa shape index (κ1) is 12.1. The van der Waals surface area contributed by atoms with Crippen LogP contribution >= 0.6 is 11.8 Å². The van der Waals surface area contributed by atoms with Crippen LogP contribution in [0.15, 0.2) is 11.2 Å². The summed E-state index contributed by atoms with van der Waals surface area (Å²) in [5, 5.41) is 0.771. The molecule has 1 heterocycles. The normalized spacial score (nSPS) is 10.3. The van der Waals surface area contributed by atoms with Crippen LogP contribution in [-0.2, 0) is 0 Å². The van der Waals surface area contributed by atoms with Crippen LogP contribution in [0, 0.1) is 0 Å². The second-order valence-corrected chi connectivity index (χ2v) is 4.59. The monoisotopic (exact) mass is 226 g/mol. The fraction of sp³-hybridized carbons (Fsp3) is 0.600. The fourth-order valence-electron chi connectivity index (χ4n) is 1.03. The van der Waals surface area contributed by atoms with Gasteiger partial charge < -0.3 is 10.6 Å². The SMILES string of the molecule is CCCCSc1nc(N)cc(N(C)C)n1. The second kappa shape index (κ2) is 5.80. The van der Waals surface area contributed by atoms with Crippen molar-refractivity contribution in [1.82, 2.24) is 9.97 Å². The predicted octanol–water partition coefficient (Wildman–Crippen LogP) is 2.02. The molecule has 0 radical (unpaired) electrons. The molecule has 0 amide bonds. The van der Waals surface area contributed by atoms with Crippen molar-refractivity contribution in [2.45, 2.75) is 24.9 Å². The van der Waals surface area contributed by atoms with Crippen LogP contribution in [0.2, 0.25) is 0 Å². The number of nitrogen functional groups attached to an aromatic ring is 1. The van der Waals surface area contributed by atoms with Crippen molar-refractivity contribution in [2.24, 2.45) is 0 Å². The maximum Gasteiger partial charge on any atom is 0.191 e. The minimum atomic E-state index is 0.535. The minimum absolute atomic E-state index is 0.535. The minimum Gasteiger partial charge on any atom is -0.383 e. The van der Waals surface area contributed by atoms with Crippen LogP contribution in [0.25, 0.3) is 0 Å². The van der Waals surface area contributed by atoms with Crippen molar-refractivity contribution in [3.8, 4) is 0 Å². The molecule has 15 heavy (non-hydrogen) atoms. The van der Waals surface area contributed by atoms with E-state index in [1.807, 2.05) is 19.0 Å². The van der Waals surface area contributed by atoms with Crippen LogP contribution in [0.4, 0.5) is 11.6 Å². The Labute approximate surface area is 95.3 Å². The van der Waals surface area contributed by atoms with Gasteiger partial charge in [0.05, 0.1) is 0 Å². The number of rotatable bonds is 5. The Hall–Kier alpha value is -0.970. The van der Waals surface area contributed by atoms with E-state index in [0.29, 0.717) is 5.82 Å². The summed E-state index contributed by atoms with van der Waals surface area (Å²) in [4.78, 5) is 10.5. The van der Waals surface area contributed by atoms with Crippen LogP contribution < -0.4 is 10.6 Å². The van der Waals surface area contributed by atoms with E-state index in [1.54, 1.807) is 17.8 Å². The van der Waals surface area contributed by atoms with E-state index < -0.39 is 0 Å². The van der Waals surface area contributed by atoms with E-state index in [4.69, 9.17) is 5.73 Å². The summed E-state index contributed by atoms with van der Waals surface area (Å²) in [6, 6.07) is 1.78. The molecule has 84 valence electrons. The Balaban J connectivity index is 2.71. The summed E-state index contributed by atoms with van der Waals surface area (Å²) in [6.07, 6.45) is 2.37. The third kappa shape index (κ3) is 3.95. The van der Waals surface area contributed by atoms with E-state index in [2.05, 4.69) is 16.9 Å². The molecule has 0 aromatic carbocycles. The lowest BCUT2D eigenvalue weighted by atomic mass is 10.4. The molecule has 0 unspecified atom stereocenters. The molecular formula is C10H18N4S. The summed E-state index contributed by atoms with van der Waals surface area (Å²) >= 11 is 1.66. The number of anilines is 2. The largest absolute Gasteiger partial charge is 0.383 e. The van der Waals surface area contributed by atoms with Crippen molar-refractivity contribution in [2.75, 3.05) is 30.5 Å². The molecule has 4 nitrogen and oxygen atoms in total. The van der Waals surface area contributed by atoms with Crippen LogP contribution in [0.1, 0.15) is 19.8 Å². The van der Waals surface area contributed by atoms with Gasteiger partial charge in [0, 0.05) is 25.9 Å². The lowest BCUT2D eigenvalue weighted by molar-refractivity contribution is 0.885. The van der Waals surface area contributed by atoms with Crippen molar-refractivity contribution < 1.29 is 0 Å². The van der Waals surface area contributed by atoms with Gasteiger partial charge in [-0.3, -0.25) is 0 Å². The number of aromatic nitrogens is 2. The Morgan fingerprint density at radius 1 is 1.40 bits per heavy atom. The Bertz CT molecular complexity index is 314. The van der Waals surface area contributed by atoms with Gasteiger partial charge in [0.2, 0.25) is 0 Å². The molecule has 0 atom stereocenters. The number of thioether (sulfide) groups is 1. The van der Waals surface area contributed by atoms with Crippen LogP contribution in [0.5, 0.6) is 0 Å². The molecule has 0 aliphatic carbocycles. The number of nitrogens with zero attached hydrogens (tertiary/aromatic N) is 3. The van der Waals surface area contributed by atoms with Gasteiger partial charge in [0.15, 0.2) is 5.16 Å². The first-order chi connectivity index (χ1) is 7.13. The maximum absolute atomic E-state index is 5.71. The fourth-order valence-corrected chi connectivity index (χ4v) is 1.98. The summed E-state index contributed by atoms with van der Waals surface area (Å²) in [7, 11) is 3.89. The van der Waals surface area contributed by atoms with Gasteiger partial charge in [-0.25, -0.2) is 9.97 Å². The lowest BCUT2D eigenvalue weighted by Crippen LogP contribution is -2.12. The van der Waals surface area contributed by atoms with Gasteiger partial charge in [0.25, 0.3) is 0 Å². The topological polar surface area (TPSA) is 55.0 Å². The first-order valence-corrected chi connectivity index (χ1v) is 6.06. The average molecular weight is 226 g/mol. The van der Waals surface area contributed by atoms with Crippen molar-refractivity contribution in [1.29, 1.82) is 0 Å². The maximum atomic E-state index is 5.71. The highest BCUT2D eigenvalue weighted by Crippen LogP contribution is 2.19. The molecule has 5 heteroatoms. The molecule has 0 aliphatic rings. The van der Waals surface area contributed by atoms with E-state index in [-0.39, 0.29) is 0 Å². The smallest absolute Gasteiger partial charge is 0.191 e. The van der Waals surface area contributed by atoms with Gasteiger partial charge in [0.1, 0.15) is 11.6 Å². The molecule has 2 N–H and O–H groups in total. The van der Waals surface area contributed by atoms with E-state index in [1.165, 1.54) is 12.8 Å². The molecule has 1 aromatic rings. The van der Waals surface area contributed by atoms with E-state index in [0.717, 1.165) is 16.7 Å². The van der Waals surface area contributed by atoms with Crippen molar-refractivity contribution in [3.05, 3.63) is 6.07 Å². The van der Waals surface area contributed by atoms with Crippen LogP contribution in [0.3, 0.4) is 0 Å². The molecule has 0 spiro atoms. The molecular weight excluding hydrogens is 208 g/mol. The highest BCUT2D eigenvalue weighted by molar-refractivity contribution is 7.99. The highest BCUT2D eigenvalue weighted by Gasteiger charge is 2.04. The zero-order valence-electron chi connectivity index (χ0n) is 9.53. The summed E-state index contributed by atoms with van der Waals surface area (Å²) in [6.45, 7) is 2.17. The molecule has 1 aromatic heterocycles. The van der Waals surface area contributed by atoms with Gasteiger partial charge in [-0.05, 0) is 6.42 Å². The Morgan fingerprint density at radius 3 is 2.73 bits per heavy atom. The van der Waals surface area contributed by atoms with Crippen molar-refractivity contribution in [3.63, 3.8) is 0 Å².